The molecule has 1 aromatic rings. The molecule has 1 N–H and O–H groups in total. The molecule has 3 nitrogen and oxygen atoms in total. The van der Waals surface area contributed by atoms with Gasteiger partial charge in [-0.1, -0.05) is 15.9 Å². The van der Waals surface area contributed by atoms with E-state index in [0.29, 0.717) is 17.3 Å². The predicted octanol–water partition coefficient (Wildman–Crippen LogP) is 4.19. The van der Waals surface area contributed by atoms with Crippen LogP contribution in [-0.2, 0) is 11.3 Å². The summed E-state index contributed by atoms with van der Waals surface area (Å²) in [5.74, 6) is 1.92. The normalized spacial score (nSPS) is 39.2. The lowest BCUT2D eigenvalue weighted by Crippen LogP contribution is -2.54. The van der Waals surface area contributed by atoms with Crippen LogP contribution in [0.3, 0.4) is 0 Å². The minimum atomic E-state index is 0.226. The maximum atomic E-state index is 12.5. The van der Waals surface area contributed by atoms with E-state index in [1.165, 1.54) is 38.5 Å². The molecule has 1 amide bonds. The maximum absolute atomic E-state index is 12.5. The monoisotopic (exact) mass is 382 g/mol. The Kier molecular flexibility index (Phi) is 3.65. The molecule has 4 aliphatic carbocycles. The summed E-state index contributed by atoms with van der Waals surface area (Å²) in [6.07, 6.45) is 10.4. The van der Waals surface area contributed by atoms with E-state index in [9.17, 15) is 4.79 Å². The number of hydrogen-bond donors (Lipinski definition) is 1. The van der Waals surface area contributed by atoms with Crippen molar-refractivity contribution in [1.82, 2.24) is 10.3 Å². The van der Waals surface area contributed by atoms with Crippen LogP contribution < -0.4 is 5.32 Å². The number of aryl methyl sites for hydroxylation is 1. The quantitative estimate of drug-likeness (QED) is 0.793. The number of carbonyl (C=O) groups is 1. The number of halogens is 1. The molecule has 4 aliphatic rings. The second-order valence-corrected chi connectivity index (χ2v) is 10.9. The summed E-state index contributed by atoms with van der Waals surface area (Å²) >= 11 is 5.69. The molecule has 0 radical (unpaired) electrons. The fourth-order valence-corrected chi connectivity index (χ4v) is 7.86. The third-order valence-corrected chi connectivity index (χ3v) is 7.62. The van der Waals surface area contributed by atoms with E-state index in [-0.39, 0.29) is 11.3 Å². The van der Waals surface area contributed by atoms with Crippen molar-refractivity contribution in [3.05, 3.63) is 16.1 Å². The molecule has 0 aliphatic heterocycles. The van der Waals surface area contributed by atoms with E-state index in [1.807, 2.05) is 13.1 Å². The van der Waals surface area contributed by atoms with Gasteiger partial charge in [0.15, 0.2) is 0 Å². The number of amides is 1. The van der Waals surface area contributed by atoms with Gasteiger partial charge >= 0.3 is 0 Å². The van der Waals surface area contributed by atoms with Gasteiger partial charge in [-0.25, -0.2) is 4.98 Å². The summed E-state index contributed by atoms with van der Waals surface area (Å²) in [5.41, 5.74) is 0.265. The smallest absolute Gasteiger partial charge is 0.220 e. The second-order valence-electron chi connectivity index (χ2n) is 7.91. The van der Waals surface area contributed by atoms with Crippen LogP contribution in [0.1, 0.15) is 54.8 Å². The number of thiazole rings is 1. The van der Waals surface area contributed by atoms with Crippen molar-refractivity contribution < 1.29 is 4.79 Å². The Bertz CT molecular complexity index is 585. The fourth-order valence-electron chi connectivity index (χ4n) is 5.62. The third-order valence-electron chi connectivity index (χ3n) is 5.78. The second kappa shape index (κ2) is 5.30. The number of carbonyl (C=O) groups excluding carboxylic acids is 1. The van der Waals surface area contributed by atoms with Gasteiger partial charge in [0.1, 0.15) is 0 Å². The first-order valence-corrected chi connectivity index (χ1v) is 9.92. The summed E-state index contributed by atoms with van der Waals surface area (Å²) in [6.45, 7) is 2.63. The standard InChI is InChI=1S/C17H23BrN2OS/c1-11-19-8-14(22-11)9-20-15(21)7-16-3-12-2-13(4-16)6-17(18,5-12)10-16/h8,12-13H,2-7,9-10H2,1H3,(H,20,21). The minimum Gasteiger partial charge on any atom is -0.351 e. The zero-order valence-corrected chi connectivity index (χ0v) is 15.4. The Hall–Kier alpha value is -0.420. The van der Waals surface area contributed by atoms with Crippen molar-refractivity contribution in [3.8, 4) is 0 Å². The largest absolute Gasteiger partial charge is 0.351 e. The molecule has 1 aromatic heterocycles. The van der Waals surface area contributed by atoms with Gasteiger partial charge < -0.3 is 5.32 Å². The number of rotatable bonds is 4. The van der Waals surface area contributed by atoms with Crippen LogP contribution >= 0.6 is 27.3 Å². The van der Waals surface area contributed by atoms with Crippen molar-refractivity contribution in [2.45, 2.75) is 62.7 Å². The van der Waals surface area contributed by atoms with E-state index in [0.717, 1.165) is 21.7 Å². The van der Waals surface area contributed by atoms with Crippen molar-refractivity contribution in [2.24, 2.45) is 17.3 Å². The number of hydrogen-bond acceptors (Lipinski definition) is 3. The molecule has 2 unspecified atom stereocenters. The zero-order valence-electron chi connectivity index (χ0n) is 13.0. The Morgan fingerprint density at radius 1 is 1.41 bits per heavy atom. The molecule has 0 aromatic carbocycles. The Labute approximate surface area is 144 Å². The average Bonchev–Trinajstić information content (AvgIpc) is 2.78. The average molecular weight is 383 g/mol. The van der Waals surface area contributed by atoms with Gasteiger partial charge in [-0.3, -0.25) is 4.79 Å². The van der Waals surface area contributed by atoms with Gasteiger partial charge in [0.05, 0.1) is 11.6 Å². The lowest BCUT2D eigenvalue weighted by molar-refractivity contribution is -0.128. The van der Waals surface area contributed by atoms with Gasteiger partial charge in [0, 0.05) is 21.8 Å². The van der Waals surface area contributed by atoms with Crippen LogP contribution in [0.4, 0.5) is 0 Å². The van der Waals surface area contributed by atoms with Crippen molar-refractivity contribution in [3.63, 3.8) is 0 Å². The van der Waals surface area contributed by atoms with E-state index in [2.05, 4.69) is 26.2 Å². The van der Waals surface area contributed by atoms with E-state index in [1.54, 1.807) is 11.3 Å². The fraction of sp³-hybridized carbons (Fsp3) is 0.765. The van der Waals surface area contributed by atoms with Gasteiger partial charge in [-0.15, -0.1) is 11.3 Å². The molecule has 22 heavy (non-hydrogen) atoms. The van der Waals surface area contributed by atoms with Gasteiger partial charge in [-0.2, -0.15) is 0 Å². The lowest BCUT2D eigenvalue weighted by Gasteiger charge is -2.60. The summed E-state index contributed by atoms with van der Waals surface area (Å²) in [6, 6.07) is 0. The predicted molar refractivity (Wildman–Crippen MR) is 92.1 cm³/mol. The first-order chi connectivity index (χ1) is 10.4. The molecular formula is C17H23BrN2OS. The van der Waals surface area contributed by atoms with Gasteiger partial charge in [-0.05, 0) is 62.7 Å². The number of alkyl halides is 1. The molecule has 4 fully saturated rings. The van der Waals surface area contributed by atoms with Crippen LogP contribution in [0.25, 0.3) is 0 Å². The maximum Gasteiger partial charge on any atom is 0.220 e. The topological polar surface area (TPSA) is 42.0 Å². The molecule has 4 saturated carbocycles. The van der Waals surface area contributed by atoms with Crippen LogP contribution in [0.5, 0.6) is 0 Å². The molecule has 5 rings (SSSR count). The highest BCUT2D eigenvalue weighted by molar-refractivity contribution is 9.10. The molecule has 5 heteroatoms. The highest BCUT2D eigenvalue weighted by Gasteiger charge is 2.57. The molecule has 1 heterocycles. The number of aromatic nitrogens is 1. The van der Waals surface area contributed by atoms with Crippen molar-refractivity contribution >= 4 is 33.2 Å². The first kappa shape index (κ1) is 15.1. The summed E-state index contributed by atoms with van der Waals surface area (Å²) in [7, 11) is 0. The first-order valence-electron chi connectivity index (χ1n) is 8.31. The molecule has 120 valence electrons. The summed E-state index contributed by atoms with van der Waals surface area (Å²) in [4.78, 5) is 17.9. The minimum absolute atomic E-state index is 0.226. The molecule has 2 atom stereocenters. The number of nitrogens with zero attached hydrogens (tertiary/aromatic N) is 1. The van der Waals surface area contributed by atoms with Crippen molar-refractivity contribution in [2.75, 3.05) is 0 Å². The van der Waals surface area contributed by atoms with Crippen LogP contribution in [0, 0.1) is 24.2 Å². The molecule has 0 spiro atoms. The summed E-state index contributed by atoms with van der Waals surface area (Å²) < 4.78 is 0.339. The lowest BCUT2D eigenvalue weighted by atomic mass is 9.48. The Balaban J connectivity index is 1.39. The summed E-state index contributed by atoms with van der Waals surface area (Å²) in [5, 5.41) is 4.18. The van der Waals surface area contributed by atoms with Gasteiger partial charge in [0.25, 0.3) is 0 Å². The SMILES string of the molecule is Cc1ncc(CNC(=O)CC23CC4CC(CC(Br)(C4)C2)C3)s1. The highest BCUT2D eigenvalue weighted by Crippen LogP contribution is 2.65. The Morgan fingerprint density at radius 3 is 2.73 bits per heavy atom. The van der Waals surface area contributed by atoms with Gasteiger partial charge in [0.2, 0.25) is 5.91 Å². The van der Waals surface area contributed by atoms with Crippen LogP contribution in [0.2, 0.25) is 0 Å². The van der Waals surface area contributed by atoms with Crippen LogP contribution in [0.15, 0.2) is 6.20 Å². The Morgan fingerprint density at radius 2 is 2.14 bits per heavy atom. The van der Waals surface area contributed by atoms with Crippen molar-refractivity contribution in [1.29, 1.82) is 0 Å². The van der Waals surface area contributed by atoms with E-state index in [4.69, 9.17) is 0 Å². The molecule has 4 bridgehead atoms. The zero-order chi connectivity index (χ0) is 15.4. The molecular weight excluding hydrogens is 360 g/mol. The van der Waals surface area contributed by atoms with E-state index < -0.39 is 0 Å². The van der Waals surface area contributed by atoms with E-state index >= 15 is 0 Å². The third kappa shape index (κ3) is 2.86. The highest BCUT2D eigenvalue weighted by atomic mass is 79.9. The van der Waals surface area contributed by atoms with Crippen LogP contribution in [-0.4, -0.2) is 15.2 Å². The number of nitrogens with one attached hydrogen (secondary N) is 1. The molecule has 0 saturated heterocycles.